The van der Waals surface area contributed by atoms with Crippen molar-refractivity contribution >= 4 is 10.9 Å². The number of benzene rings is 1. The molecule has 0 saturated heterocycles. The first kappa shape index (κ1) is 14.7. The molecule has 108 valence electrons. The van der Waals surface area contributed by atoms with Gasteiger partial charge in [0.05, 0.1) is 5.39 Å². The normalized spacial score (nSPS) is 11.3. The molecule has 0 unspecified atom stereocenters. The predicted octanol–water partition coefficient (Wildman–Crippen LogP) is 1.82. The lowest BCUT2D eigenvalue weighted by Gasteiger charge is -2.07. The highest BCUT2D eigenvalue weighted by molar-refractivity contribution is 5.76. The monoisotopic (exact) mass is 274 g/mol. The average Bonchev–Trinajstić information content (AvgIpc) is 2.45. The second kappa shape index (κ2) is 7.14. The highest BCUT2D eigenvalue weighted by atomic mass is 16.1. The predicted molar refractivity (Wildman–Crippen MR) is 80.7 cm³/mol. The van der Waals surface area contributed by atoms with Crippen molar-refractivity contribution in [3.05, 3.63) is 34.6 Å². The highest BCUT2D eigenvalue weighted by Crippen LogP contribution is 2.03. The summed E-state index contributed by atoms with van der Waals surface area (Å²) in [5.74, 6) is 0.670. The summed E-state index contributed by atoms with van der Waals surface area (Å²) in [6.45, 7) is 7.03. The second-order valence-electron chi connectivity index (χ2n) is 5.44. The number of hydrogen-bond donors (Lipinski definition) is 1. The van der Waals surface area contributed by atoms with Crippen LogP contribution in [0.3, 0.4) is 0 Å². The molecule has 0 aliphatic heterocycles. The molecule has 0 bridgehead atoms. The van der Waals surface area contributed by atoms with Crippen molar-refractivity contribution in [2.75, 3.05) is 13.1 Å². The first-order valence-corrected chi connectivity index (χ1v) is 7.21. The van der Waals surface area contributed by atoms with Gasteiger partial charge in [-0.2, -0.15) is 0 Å². The van der Waals surface area contributed by atoms with Crippen molar-refractivity contribution in [3.63, 3.8) is 0 Å². The third-order valence-electron chi connectivity index (χ3n) is 3.16. The van der Waals surface area contributed by atoms with Gasteiger partial charge in [-0.05, 0) is 44.0 Å². The van der Waals surface area contributed by atoms with Gasteiger partial charge in [0.1, 0.15) is 5.52 Å². The van der Waals surface area contributed by atoms with E-state index in [4.69, 9.17) is 0 Å². The van der Waals surface area contributed by atoms with Crippen LogP contribution in [0, 0.1) is 5.92 Å². The van der Waals surface area contributed by atoms with Crippen molar-refractivity contribution < 1.29 is 0 Å². The Bertz CT molecular complexity index is 606. The van der Waals surface area contributed by atoms with Gasteiger partial charge in [-0.3, -0.25) is 4.79 Å². The fraction of sp³-hybridized carbons (Fsp3) is 0.533. The van der Waals surface area contributed by atoms with Gasteiger partial charge < -0.3 is 5.32 Å². The summed E-state index contributed by atoms with van der Waals surface area (Å²) in [5, 5.41) is 12.1. The summed E-state index contributed by atoms with van der Waals surface area (Å²) in [6, 6.07) is 7.32. The Hall–Kier alpha value is -1.75. The highest BCUT2D eigenvalue weighted by Gasteiger charge is 2.04. The van der Waals surface area contributed by atoms with E-state index in [1.807, 2.05) is 18.2 Å². The second-order valence-corrected chi connectivity index (χ2v) is 5.44. The molecule has 0 radical (unpaired) electrons. The van der Waals surface area contributed by atoms with E-state index in [9.17, 15) is 4.79 Å². The zero-order valence-corrected chi connectivity index (χ0v) is 12.2. The van der Waals surface area contributed by atoms with Gasteiger partial charge in [-0.25, -0.2) is 4.68 Å². The minimum atomic E-state index is -0.0502. The molecule has 5 heteroatoms. The molecule has 2 rings (SSSR count). The van der Waals surface area contributed by atoms with Crippen LogP contribution < -0.4 is 10.9 Å². The molecule has 1 aromatic carbocycles. The first-order valence-electron chi connectivity index (χ1n) is 7.21. The van der Waals surface area contributed by atoms with Gasteiger partial charge in [0, 0.05) is 6.54 Å². The smallest absolute Gasteiger partial charge is 0.277 e. The fourth-order valence-electron chi connectivity index (χ4n) is 2.07. The number of fused-ring (bicyclic) bond motifs is 1. The van der Waals surface area contributed by atoms with Crippen molar-refractivity contribution in [1.29, 1.82) is 0 Å². The van der Waals surface area contributed by atoms with Crippen LogP contribution in [0.25, 0.3) is 10.9 Å². The standard InChI is InChI=1S/C15H22N4O/c1-12(2)11-16-9-5-6-10-19-15(20)13-7-3-4-8-14(13)17-18-19/h3-4,7-8,12,16H,5-6,9-11H2,1-2H3. The van der Waals surface area contributed by atoms with Gasteiger partial charge in [0.2, 0.25) is 0 Å². The maximum absolute atomic E-state index is 12.2. The molecule has 5 nitrogen and oxygen atoms in total. The number of aromatic nitrogens is 3. The first-order chi connectivity index (χ1) is 9.68. The Morgan fingerprint density at radius 2 is 2.05 bits per heavy atom. The Balaban J connectivity index is 1.87. The number of nitrogens with zero attached hydrogens (tertiary/aromatic N) is 3. The summed E-state index contributed by atoms with van der Waals surface area (Å²) in [7, 11) is 0. The van der Waals surface area contributed by atoms with Crippen LogP contribution in [0.5, 0.6) is 0 Å². The van der Waals surface area contributed by atoms with E-state index in [2.05, 4.69) is 29.5 Å². The SMILES string of the molecule is CC(C)CNCCCCn1nnc2ccccc2c1=O. The van der Waals surface area contributed by atoms with Crippen molar-refractivity contribution in [3.8, 4) is 0 Å². The average molecular weight is 274 g/mol. The minimum Gasteiger partial charge on any atom is -0.316 e. The molecule has 0 aliphatic carbocycles. The van der Waals surface area contributed by atoms with Gasteiger partial charge in [0.15, 0.2) is 0 Å². The molecule has 0 aliphatic rings. The largest absolute Gasteiger partial charge is 0.316 e. The number of unbranched alkanes of at least 4 members (excludes halogenated alkanes) is 1. The van der Waals surface area contributed by atoms with Crippen LogP contribution in [0.15, 0.2) is 29.1 Å². The number of nitrogens with one attached hydrogen (secondary N) is 1. The van der Waals surface area contributed by atoms with Crippen molar-refractivity contribution in [1.82, 2.24) is 20.3 Å². The summed E-state index contributed by atoms with van der Waals surface area (Å²) < 4.78 is 1.46. The van der Waals surface area contributed by atoms with E-state index in [1.54, 1.807) is 6.07 Å². The van der Waals surface area contributed by atoms with E-state index in [0.29, 0.717) is 23.4 Å². The zero-order valence-electron chi connectivity index (χ0n) is 12.2. The van der Waals surface area contributed by atoms with Crippen molar-refractivity contribution in [2.45, 2.75) is 33.2 Å². The molecule has 0 fully saturated rings. The van der Waals surface area contributed by atoms with Crippen LogP contribution in [0.2, 0.25) is 0 Å². The van der Waals surface area contributed by atoms with Crippen LogP contribution in [-0.4, -0.2) is 28.1 Å². The topological polar surface area (TPSA) is 59.8 Å². The van der Waals surface area contributed by atoms with Gasteiger partial charge >= 0.3 is 0 Å². The molecule has 1 N–H and O–H groups in total. The molecule has 0 spiro atoms. The zero-order chi connectivity index (χ0) is 14.4. The lowest BCUT2D eigenvalue weighted by molar-refractivity contribution is 0.485. The molecule has 1 aromatic heterocycles. The van der Waals surface area contributed by atoms with E-state index in [1.165, 1.54) is 4.68 Å². The number of aryl methyl sites for hydroxylation is 1. The Kier molecular flexibility index (Phi) is 5.24. The third-order valence-corrected chi connectivity index (χ3v) is 3.16. The Morgan fingerprint density at radius 1 is 1.25 bits per heavy atom. The number of rotatable bonds is 7. The van der Waals surface area contributed by atoms with Crippen LogP contribution in [-0.2, 0) is 6.54 Å². The summed E-state index contributed by atoms with van der Waals surface area (Å²) in [6.07, 6.45) is 1.96. The van der Waals surface area contributed by atoms with E-state index in [0.717, 1.165) is 25.9 Å². The maximum atomic E-state index is 12.2. The quantitative estimate of drug-likeness (QED) is 0.782. The third kappa shape index (κ3) is 3.87. The molecule has 2 aromatic rings. The molecule has 1 heterocycles. The van der Waals surface area contributed by atoms with Crippen LogP contribution in [0.1, 0.15) is 26.7 Å². The fourth-order valence-corrected chi connectivity index (χ4v) is 2.07. The van der Waals surface area contributed by atoms with E-state index in [-0.39, 0.29) is 5.56 Å². The summed E-state index contributed by atoms with van der Waals surface area (Å²) in [5.41, 5.74) is 0.609. The van der Waals surface area contributed by atoms with Crippen LogP contribution >= 0.6 is 0 Å². The Labute approximate surface area is 119 Å². The van der Waals surface area contributed by atoms with E-state index < -0.39 is 0 Å². The molecule has 0 amide bonds. The van der Waals surface area contributed by atoms with Crippen molar-refractivity contribution in [2.24, 2.45) is 5.92 Å². The summed E-state index contributed by atoms with van der Waals surface area (Å²) >= 11 is 0. The van der Waals surface area contributed by atoms with Gasteiger partial charge in [0.25, 0.3) is 5.56 Å². The lowest BCUT2D eigenvalue weighted by Crippen LogP contribution is -2.25. The van der Waals surface area contributed by atoms with Gasteiger partial charge in [-0.15, -0.1) is 5.10 Å². The minimum absolute atomic E-state index is 0.0502. The summed E-state index contributed by atoms with van der Waals surface area (Å²) in [4.78, 5) is 12.2. The maximum Gasteiger partial charge on any atom is 0.277 e. The molecule has 0 atom stereocenters. The molecular formula is C15H22N4O. The molecular weight excluding hydrogens is 252 g/mol. The van der Waals surface area contributed by atoms with E-state index >= 15 is 0 Å². The lowest BCUT2D eigenvalue weighted by atomic mass is 10.2. The molecule has 0 saturated carbocycles. The molecule has 20 heavy (non-hydrogen) atoms. The van der Waals surface area contributed by atoms with Gasteiger partial charge in [-0.1, -0.05) is 31.2 Å². The van der Waals surface area contributed by atoms with Crippen LogP contribution in [0.4, 0.5) is 0 Å². The number of hydrogen-bond acceptors (Lipinski definition) is 4. The Morgan fingerprint density at radius 3 is 2.85 bits per heavy atom.